The van der Waals surface area contributed by atoms with Gasteiger partial charge in [0, 0.05) is 5.57 Å². The summed E-state index contributed by atoms with van der Waals surface area (Å²) in [7, 11) is 0. The molecule has 0 bridgehead atoms. The normalized spacial score (nSPS) is 25.7. The third-order valence-corrected chi connectivity index (χ3v) is 2.68. The van der Waals surface area contributed by atoms with Crippen LogP contribution in [-0.2, 0) is 28.5 Å². The number of carbonyl (C=O) groups is 1. The zero-order valence-corrected chi connectivity index (χ0v) is 11.1. The van der Waals surface area contributed by atoms with Gasteiger partial charge in [0.25, 0.3) is 0 Å². The van der Waals surface area contributed by atoms with E-state index in [0.29, 0.717) is 25.4 Å². The highest BCUT2D eigenvalue weighted by atomic mass is 16.6. The van der Waals surface area contributed by atoms with E-state index in [1.54, 1.807) is 6.92 Å². The lowest BCUT2D eigenvalue weighted by Crippen LogP contribution is -2.29. The molecule has 2 aliphatic rings. The van der Waals surface area contributed by atoms with E-state index in [0.717, 1.165) is 13.2 Å². The molecular formula is C13H20O6. The van der Waals surface area contributed by atoms with Gasteiger partial charge in [-0.05, 0) is 6.92 Å². The topological polar surface area (TPSA) is 69.8 Å². The summed E-state index contributed by atoms with van der Waals surface area (Å²) in [5.74, 6) is -0.415. The molecule has 2 fully saturated rings. The Hall–Kier alpha value is -0.950. The molecule has 108 valence electrons. The fourth-order valence-electron chi connectivity index (χ4n) is 1.34. The fourth-order valence-corrected chi connectivity index (χ4v) is 1.34. The van der Waals surface area contributed by atoms with Gasteiger partial charge >= 0.3 is 5.97 Å². The summed E-state index contributed by atoms with van der Waals surface area (Å²) < 4.78 is 26.3. The van der Waals surface area contributed by atoms with Crippen LogP contribution in [0.4, 0.5) is 0 Å². The van der Waals surface area contributed by atoms with Crippen LogP contribution in [0.3, 0.4) is 0 Å². The number of esters is 1. The predicted octanol–water partition coefficient (Wildman–Crippen LogP) is 0.305. The Kier molecular flexibility index (Phi) is 5.33. The lowest BCUT2D eigenvalue weighted by atomic mass is 10.3. The first-order chi connectivity index (χ1) is 9.15. The van der Waals surface area contributed by atoms with E-state index >= 15 is 0 Å². The van der Waals surface area contributed by atoms with Crippen LogP contribution in [0.2, 0.25) is 0 Å². The van der Waals surface area contributed by atoms with Crippen LogP contribution in [0, 0.1) is 0 Å². The van der Waals surface area contributed by atoms with Gasteiger partial charge in [0.05, 0.1) is 33.0 Å². The third kappa shape index (κ3) is 6.15. The largest absolute Gasteiger partial charge is 0.459 e. The zero-order valence-electron chi connectivity index (χ0n) is 11.1. The molecule has 2 aliphatic heterocycles. The number of hydrogen-bond acceptors (Lipinski definition) is 6. The summed E-state index contributed by atoms with van der Waals surface area (Å²) >= 11 is 0. The van der Waals surface area contributed by atoms with E-state index in [9.17, 15) is 4.79 Å². The Morgan fingerprint density at radius 3 is 2.47 bits per heavy atom. The van der Waals surface area contributed by atoms with Crippen molar-refractivity contribution in [3.8, 4) is 0 Å². The van der Waals surface area contributed by atoms with Crippen LogP contribution >= 0.6 is 0 Å². The van der Waals surface area contributed by atoms with E-state index in [1.165, 1.54) is 0 Å². The molecule has 2 rings (SSSR count). The first-order valence-corrected chi connectivity index (χ1v) is 6.40. The van der Waals surface area contributed by atoms with Crippen LogP contribution in [0.5, 0.6) is 0 Å². The number of ether oxygens (including phenoxy) is 5. The molecule has 2 heterocycles. The van der Waals surface area contributed by atoms with Gasteiger partial charge in [0.2, 0.25) is 0 Å². The van der Waals surface area contributed by atoms with Gasteiger partial charge in [0.1, 0.15) is 24.9 Å². The van der Waals surface area contributed by atoms with Gasteiger partial charge in [-0.25, -0.2) is 4.79 Å². The van der Waals surface area contributed by atoms with E-state index < -0.39 is 5.97 Å². The molecular weight excluding hydrogens is 252 g/mol. The highest BCUT2D eigenvalue weighted by Crippen LogP contribution is 2.12. The maximum Gasteiger partial charge on any atom is 0.333 e. The van der Waals surface area contributed by atoms with Gasteiger partial charge in [-0.1, -0.05) is 6.58 Å². The van der Waals surface area contributed by atoms with Crippen LogP contribution in [0.25, 0.3) is 0 Å². The second-order valence-corrected chi connectivity index (χ2v) is 4.78. The maximum absolute atomic E-state index is 11.3. The van der Waals surface area contributed by atoms with Crippen molar-refractivity contribution in [2.24, 2.45) is 0 Å². The third-order valence-electron chi connectivity index (χ3n) is 2.68. The standard InChI is InChI=1S/C13H20O6/c1-9(2)13(14)19-8-11(17-6-12-7-18-12)4-15-3-10-5-16-10/h10-12H,1,3-8H2,2H3. The van der Waals surface area contributed by atoms with E-state index in [2.05, 4.69) is 6.58 Å². The molecule has 0 aromatic carbocycles. The fraction of sp³-hybridized carbons (Fsp3) is 0.769. The van der Waals surface area contributed by atoms with E-state index in [1.807, 2.05) is 0 Å². The smallest absolute Gasteiger partial charge is 0.333 e. The Morgan fingerprint density at radius 1 is 1.26 bits per heavy atom. The van der Waals surface area contributed by atoms with Crippen molar-refractivity contribution in [3.05, 3.63) is 12.2 Å². The highest BCUT2D eigenvalue weighted by molar-refractivity contribution is 5.86. The van der Waals surface area contributed by atoms with Gasteiger partial charge in [-0.2, -0.15) is 0 Å². The molecule has 0 aliphatic carbocycles. The van der Waals surface area contributed by atoms with E-state index in [-0.39, 0.29) is 24.9 Å². The van der Waals surface area contributed by atoms with Crippen LogP contribution in [-0.4, -0.2) is 63.9 Å². The summed E-state index contributed by atoms with van der Waals surface area (Å²) in [5.41, 5.74) is 0.372. The Morgan fingerprint density at radius 2 is 1.89 bits per heavy atom. The lowest BCUT2D eigenvalue weighted by Gasteiger charge is -2.17. The average molecular weight is 272 g/mol. The minimum Gasteiger partial charge on any atom is -0.459 e. The molecule has 0 aromatic heterocycles. The highest BCUT2D eigenvalue weighted by Gasteiger charge is 2.26. The van der Waals surface area contributed by atoms with Crippen molar-refractivity contribution >= 4 is 5.97 Å². The van der Waals surface area contributed by atoms with Crippen molar-refractivity contribution < 1.29 is 28.5 Å². The lowest BCUT2D eigenvalue weighted by molar-refractivity contribution is -0.145. The monoisotopic (exact) mass is 272 g/mol. The van der Waals surface area contributed by atoms with Gasteiger partial charge in [-0.15, -0.1) is 0 Å². The molecule has 3 unspecified atom stereocenters. The summed E-state index contributed by atoms with van der Waals surface area (Å²) in [5, 5.41) is 0. The summed E-state index contributed by atoms with van der Waals surface area (Å²) in [6.45, 7) is 8.20. The summed E-state index contributed by atoms with van der Waals surface area (Å²) in [6, 6.07) is 0. The molecule has 0 aromatic rings. The molecule has 2 saturated heterocycles. The number of carbonyl (C=O) groups excluding carboxylic acids is 1. The first-order valence-electron chi connectivity index (χ1n) is 6.40. The molecule has 3 atom stereocenters. The zero-order chi connectivity index (χ0) is 13.7. The molecule has 6 nitrogen and oxygen atoms in total. The van der Waals surface area contributed by atoms with Crippen molar-refractivity contribution in [1.82, 2.24) is 0 Å². The van der Waals surface area contributed by atoms with Crippen molar-refractivity contribution in [1.29, 1.82) is 0 Å². The molecule has 19 heavy (non-hydrogen) atoms. The van der Waals surface area contributed by atoms with Crippen LogP contribution < -0.4 is 0 Å². The van der Waals surface area contributed by atoms with Gasteiger partial charge in [-0.3, -0.25) is 0 Å². The Balaban J connectivity index is 1.64. The first kappa shape index (κ1) is 14.5. The number of epoxide rings is 2. The molecule has 0 saturated carbocycles. The van der Waals surface area contributed by atoms with Gasteiger partial charge < -0.3 is 23.7 Å². The Labute approximate surface area is 112 Å². The van der Waals surface area contributed by atoms with Crippen molar-refractivity contribution in [3.63, 3.8) is 0 Å². The minimum atomic E-state index is -0.415. The second kappa shape index (κ2) is 7.00. The second-order valence-electron chi connectivity index (χ2n) is 4.78. The van der Waals surface area contributed by atoms with Crippen molar-refractivity contribution in [2.45, 2.75) is 25.2 Å². The maximum atomic E-state index is 11.3. The quantitative estimate of drug-likeness (QED) is 0.324. The van der Waals surface area contributed by atoms with Crippen LogP contribution in [0.15, 0.2) is 12.2 Å². The van der Waals surface area contributed by atoms with E-state index in [4.69, 9.17) is 23.7 Å². The van der Waals surface area contributed by atoms with Crippen molar-refractivity contribution in [2.75, 3.05) is 39.6 Å². The predicted molar refractivity (Wildman–Crippen MR) is 65.8 cm³/mol. The van der Waals surface area contributed by atoms with Gasteiger partial charge in [0.15, 0.2) is 0 Å². The Bertz CT molecular complexity index is 321. The minimum absolute atomic E-state index is 0.157. The molecule has 0 spiro atoms. The molecule has 0 N–H and O–H groups in total. The number of hydrogen-bond donors (Lipinski definition) is 0. The molecule has 6 heteroatoms. The number of rotatable bonds is 10. The molecule has 0 amide bonds. The average Bonchev–Trinajstić information content (AvgIpc) is 3.25. The SMILES string of the molecule is C=C(C)C(=O)OCC(COCC1CO1)OCC1CO1. The summed E-state index contributed by atoms with van der Waals surface area (Å²) in [4.78, 5) is 11.3. The van der Waals surface area contributed by atoms with Crippen LogP contribution in [0.1, 0.15) is 6.92 Å². The molecule has 0 radical (unpaired) electrons. The summed E-state index contributed by atoms with van der Waals surface area (Å²) in [6.07, 6.45) is 0.0998.